The second-order valence-electron chi connectivity index (χ2n) is 3.42. The number of aliphatic hydroxyl groups excluding tert-OH is 1. The van der Waals surface area contributed by atoms with Crippen LogP contribution in [0, 0.1) is 11.6 Å². The number of hydrogen-bond donors (Lipinski definition) is 3. The summed E-state index contributed by atoms with van der Waals surface area (Å²) in [4.78, 5) is 0. The minimum absolute atomic E-state index is 0.0353. The van der Waals surface area contributed by atoms with Gasteiger partial charge in [0.25, 0.3) is 0 Å². The normalized spacial score (nSPS) is 12.5. The highest BCUT2D eigenvalue weighted by Crippen LogP contribution is 2.22. The third kappa shape index (κ3) is 3.06. The molecule has 5 heteroatoms. The van der Waals surface area contributed by atoms with Crippen LogP contribution >= 0.6 is 0 Å². The Morgan fingerprint density at radius 2 is 1.93 bits per heavy atom. The zero-order valence-corrected chi connectivity index (χ0v) is 8.43. The molecule has 0 aliphatic carbocycles. The number of halogens is 2. The molecule has 3 nitrogen and oxygen atoms in total. The van der Waals surface area contributed by atoms with Crippen LogP contribution in [-0.4, -0.2) is 17.8 Å². The Kier molecular flexibility index (Phi) is 3.85. The Morgan fingerprint density at radius 1 is 1.40 bits per heavy atom. The van der Waals surface area contributed by atoms with Gasteiger partial charge < -0.3 is 16.2 Å². The van der Waals surface area contributed by atoms with Crippen molar-refractivity contribution in [2.24, 2.45) is 0 Å². The van der Waals surface area contributed by atoms with Crippen molar-refractivity contribution >= 4 is 11.4 Å². The summed E-state index contributed by atoms with van der Waals surface area (Å²) in [7, 11) is 0. The van der Waals surface area contributed by atoms with E-state index in [-0.39, 0.29) is 24.0 Å². The van der Waals surface area contributed by atoms with Crippen LogP contribution in [0.4, 0.5) is 20.2 Å². The summed E-state index contributed by atoms with van der Waals surface area (Å²) < 4.78 is 26.5. The fourth-order valence-corrected chi connectivity index (χ4v) is 1.24. The Bertz CT molecular complexity index is 321. The topological polar surface area (TPSA) is 58.3 Å². The van der Waals surface area contributed by atoms with Crippen LogP contribution in [0.25, 0.3) is 0 Å². The maximum Gasteiger partial charge on any atom is 0.151 e. The van der Waals surface area contributed by atoms with Gasteiger partial charge in [0.1, 0.15) is 5.69 Å². The lowest BCUT2D eigenvalue weighted by molar-refractivity contribution is 0.282. The Morgan fingerprint density at radius 3 is 2.40 bits per heavy atom. The molecular formula is C10H14F2N2O. The highest BCUT2D eigenvalue weighted by atomic mass is 19.1. The Balaban J connectivity index is 2.85. The third-order valence-corrected chi connectivity index (χ3v) is 2.02. The molecule has 0 saturated carbocycles. The SMILES string of the molecule is CC(CCO)Nc1c(F)cc(N)cc1F. The van der Waals surface area contributed by atoms with Crippen LogP contribution in [-0.2, 0) is 0 Å². The fraction of sp³-hybridized carbons (Fsp3) is 0.400. The van der Waals surface area contributed by atoms with Gasteiger partial charge in [-0.25, -0.2) is 8.78 Å². The molecule has 0 spiro atoms. The molecule has 15 heavy (non-hydrogen) atoms. The van der Waals surface area contributed by atoms with E-state index in [1.165, 1.54) is 0 Å². The van der Waals surface area contributed by atoms with Gasteiger partial charge in [-0.05, 0) is 25.5 Å². The van der Waals surface area contributed by atoms with Gasteiger partial charge in [-0.2, -0.15) is 0 Å². The maximum atomic E-state index is 13.3. The average Bonchev–Trinajstić information content (AvgIpc) is 2.11. The molecule has 0 aliphatic heterocycles. The number of rotatable bonds is 4. The quantitative estimate of drug-likeness (QED) is 0.672. The summed E-state index contributed by atoms with van der Waals surface area (Å²) in [6, 6.07) is 1.90. The number of nitrogen functional groups attached to an aromatic ring is 1. The van der Waals surface area contributed by atoms with Crippen molar-refractivity contribution in [2.75, 3.05) is 17.7 Å². The summed E-state index contributed by atoms with van der Waals surface area (Å²) in [6.45, 7) is 1.69. The Hall–Kier alpha value is -1.36. The molecule has 1 atom stereocenters. The van der Waals surface area contributed by atoms with E-state index in [9.17, 15) is 8.78 Å². The molecule has 1 unspecified atom stereocenters. The zero-order chi connectivity index (χ0) is 11.4. The van der Waals surface area contributed by atoms with Gasteiger partial charge in [-0.3, -0.25) is 0 Å². The number of hydrogen-bond acceptors (Lipinski definition) is 3. The second kappa shape index (κ2) is 4.93. The summed E-state index contributed by atoms with van der Waals surface area (Å²) in [5.41, 5.74) is 5.11. The lowest BCUT2D eigenvalue weighted by atomic mass is 10.2. The molecule has 0 heterocycles. The van der Waals surface area contributed by atoms with Crippen molar-refractivity contribution in [1.29, 1.82) is 0 Å². The number of nitrogens with one attached hydrogen (secondary N) is 1. The third-order valence-electron chi connectivity index (χ3n) is 2.02. The van der Waals surface area contributed by atoms with Crippen molar-refractivity contribution in [1.82, 2.24) is 0 Å². The standard InChI is InChI=1S/C10H14F2N2O/c1-6(2-3-15)14-10-8(11)4-7(13)5-9(10)12/h4-6,14-15H,2-3,13H2,1H3. The molecule has 0 amide bonds. The van der Waals surface area contributed by atoms with Gasteiger partial charge >= 0.3 is 0 Å². The molecule has 0 aliphatic rings. The van der Waals surface area contributed by atoms with Gasteiger partial charge in [-0.1, -0.05) is 0 Å². The minimum atomic E-state index is -0.725. The van der Waals surface area contributed by atoms with Crippen LogP contribution < -0.4 is 11.1 Å². The zero-order valence-electron chi connectivity index (χ0n) is 8.43. The van der Waals surface area contributed by atoms with Crippen LogP contribution in [0.15, 0.2) is 12.1 Å². The number of aliphatic hydroxyl groups is 1. The van der Waals surface area contributed by atoms with Gasteiger partial charge in [0.2, 0.25) is 0 Å². The van der Waals surface area contributed by atoms with E-state index in [4.69, 9.17) is 10.8 Å². The maximum absolute atomic E-state index is 13.3. The summed E-state index contributed by atoms with van der Waals surface area (Å²) >= 11 is 0. The average molecular weight is 216 g/mol. The molecule has 4 N–H and O–H groups in total. The largest absolute Gasteiger partial charge is 0.399 e. The highest BCUT2D eigenvalue weighted by Gasteiger charge is 2.12. The molecule has 1 rings (SSSR count). The minimum Gasteiger partial charge on any atom is -0.399 e. The van der Waals surface area contributed by atoms with E-state index in [0.717, 1.165) is 12.1 Å². The molecule has 0 aromatic heterocycles. The monoisotopic (exact) mass is 216 g/mol. The summed E-state index contributed by atoms with van der Waals surface area (Å²) in [6.07, 6.45) is 0.420. The molecule has 1 aromatic carbocycles. The van der Waals surface area contributed by atoms with Crippen LogP contribution in [0.3, 0.4) is 0 Å². The second-order valence-corrected chi connectivity index (χ2v) is 3.42. The smallest absolute Gasteiger partial charge is 0.151 e. The van der Waals surface area contributed by atoms with Crippen LogP contribution in [0.1, 0.15) is 13.3 Å². The van der Waals surface area contributed by atoms with E-state index in [2.05, 4.69) is 5.32 Å². The van der Waals surface area contributed by atoms with Gasteiger partial charge in [0.15, 0.2) is 11.6 Å². The van der Waals surface area contributed by atoms with E-state index in [0.29, 0.717) is 6.42 Å². The predicted molar refractivity (Wildman–Crippen MR) is 55.6 cm³/mol. The molecule has 0 radical (unpaired) electrons. The van der Waals surface area contributed by atoms with Crippen LogP contribution in [0.2, 0.25) is 0 Å². The van der Waals surface area contributed by atoms with Crippen molar-refractivity contribution in [2.45, 2.75) is 19.4 Å². The van der Waals surface area contributed by atoms with E-state index in [1.54, 1.807) is 6.92 Å². The Labute approximate surface area is 86.9 Å². The fourth-order valence-electron chi connectivity index (χ4n) is 1.24. The molecule has 0 saturated heterocycles. The van der Waals surface area contributed by atoms with Gasteiger partial charge in [-0.15, -0.1) is 0 Å². The molecule has 84 valence electrons. The molecular weight excluding hydrogens is 202 g/mol. The molecule has 0 fully saturated rings. The number of benzene rings is 1. The summed E-state index contributed by atoms with van der Waals surface area (Å²) in [5.74, 6) is -1.45. The predicted octanol–water partition coefficient (Wildman–Crippen LogP) is 1.73. The van der Waals surface area contributed by atoms with Crippen LogP contribution in [0.5, 0.6) is 0 Å². The lowest BCUT2D eigenvalue weighted by Gasteiger charge is -2.15. The highest BCUT2D eigenvalue weighted by molar-refractivity contribution is 5.54. The first kappa shape index (κ1) is 11.7. The van der Waals surface area contributed by atoms with Gasteiger partial charge in [0.05, 0.1) is 0 Å². The lowest BCUT2D eigenvalue weighted by Crippen LogP contribution is -2.18. The first-order valence-corrected chi connectivity index (χ1v) is 4.66. The first-order chi connectivity index (χ1) is 7.04. The molecule has 0 bridgehead atoms. The van der Waals surface area contributed by atoms with E-state index < -0.39 is 11.6 Å². The van der Waals surface area contributed by atoms with Crippen molar-refractivity contribution < 1.29 is 13.9 Å². The van der Waals surface area contributed by atoms with E-state index >= 15 is 0 Å². The summed E-state index contributed by atoms with van der Waals surface area (Å²) in [5, 5.41) is 11.3. The van der Waals surface area contributed by atoms with Crippen molar-refractivity contribution in [3.63, 3.8) is 0 Å². The number of anilines is 2. The first-order valence-electron chi connectivity index (χ1n) is 4.66. The number of nitrogens with two attached hydrogens (primary N) is 1. The van der Waals surface area contributed by atoms with Gasteiger partial charge in [0, 0.05) is 18.3 Å². The molecule has 1 aromatic rings. The van der Waals surface area contributed by atoms with Crippen molar-refractivity contribution in [3.05, 3.63) is 23.8 Å². The van der Waals surface area contributed by atoms with Crippen molar-refractivity contribution in [3.8, 4) is 0 Å². The van der Waals surface area contributed by atoms with E-state index in [1.807, 2.05) is 0 Å².